The molecule has 1 unspecified atom stereocenters. The SMILES string of the molecule is CC(C)=CCC/C(C)=C/CC/C(C)=C/CC/C=C(\C)CC/C=C(\C)CCC=C(C)C.CCCCCCCCCCCCCCC(CCCCCCCC)C(=O)O. The molecule has 0 aromatic rings. The van der Waals surface area contributed by atoms with Crippen LogP contribution in [0.25, 0.3) is 0 Å². The van der Waals surface area contributed by atoms with E-state index >= 15 is 0 Å². The zero-order valence-corrected chi connectivity index (χ0v) is 39.6. The van der Waals surface area contributed by atoms with Crippen LogP contribution in [-0.4, -0.2) is 11.1 Å². The van der Waals surface area contributed by atoms with Gasteiger partial charge in [-0.25, -0.2) is 0 Å². The van der Waals surface area contributed by atoms with Crippen LogP contribution in [0.4, 0.5) is 0 Å². The van der Waals surface area contributed by atoms with Gasteiger partial charge >= 0.3 is 5.97 Å². The summed E-state index contributed by atoms with van der Waals surface area (Å²) >= 11 is 0. The number of carboxylic acids is 1. The van der Waals surface area contributed by atoms with E-state index in [0.717, 1.165) is 25.7 Å². The van der Waals surface area contributed by atoms with Gasteiger partial charge < -0.3 is 5.11 Å². The number of unbranched alkanes of at least 4 members (excludes halogenated alkanes) is 17. The summed E-state index contributed by atoms with van der Waals surface area (Å²) in [6.07, 6.45) is 51.6. The van der Waals surface area contributed by atoms with Gasteiger partial charge in [0.1, 0.15) is 0 Å². The van der Waals surface area contributed by atoms with Crippen molar-refractivity contribution in [2.24, 2.45) is 5.92 Å². The number of rotatable bonds is 36. The molecule has 1 atom stereocenters. The van der Waals surface area contributed by atoms with E-state index in [9.17, 15) is 9.90 Å². The average molecular weight is 779 g/mol. The molecule has 0 fully saturated rings. The highest BCUT2D eigenvalue weighted by molar-refractivity contribution is 5.69. The summed E-state index contributed by atoms with van der Waals surface area (Å²) in [6.45, 7) is 22.3. The Kier molecular flexibility index (Phi) is 42.5. The summed E-state index contributed by atoms with van der Waals surface area (Å²) in [7, 11) is 0. The summed E-state index contributed by atoms with van der Waals surface area (Å²) in [5.41, 5.74) is 8.97. The number of carbonyl (C=O) groups is 1. The number of carboxylic acid groups (broad SMARTS) is 1. The molecule has 1 N–H and O–H groups in total. The predicted octanol–water partition coefficient (Wildman–Crippen LogP) is 19.1. The summed E-state index contributed by atoms with van der Waals surface area (Å²) in [4.78, 5) is 11.4. The molecular formula is C54H98O2. The van der Waals surface area contributed by atoms with Gasteiger partial charge in [0.05, 0.1) is 5.92 Å². The minimum Gasteiger partial charge on any atom is -0.481 e. The Morgan fingerprint density at radius 1 is 0.375 bits per heavy atom. The van der Waals surface area contributed by atoms with Crippen molar-refractivity contribution in [3.8, 4) is 0 Å². The molecule has 2 heteroatoms. The lowest BCUT2D eigenvalue weighted by atomic mass is 9.94. The average Bonchev–Trinajstić information content (AvgIpc) is 3.14. The van der Waals surface area contributed by atoms with Crippen LogP contribution >= 0.6 is 0 Å². The maximum absolute atomic E-state index is 11.4. The highest BCUT2D eigenvalue weighted by Crippen LogP contribution is 2.20. The van der Waals surface area contributed by atoms with Gasteiger partial charge in [0, 0.05) is 0 Å². The Balaban J connectivity index is 0. The van der Waals surface area contributed by atoms with Gasteiger partial charge in [0.2, 0.25) is 0 Å². The number of aliphatic carboxylic acids is 1. The Hall–Kier alpha value is -2.09. The van der Waals surface area contributed by atoms with Crippen molar-refractivity contribution in [1.29, 1.82) is 0 Å². The van der Waals surface area contributed by atoms with Crippen LogP contribution in [0.1, 0.15) is 262 Å². The lowest BCUT2D eigenvalue weighted by Gasteiger charge is -2.12. The summed E-state index contributed by atoms with van der Waals surface area (Å²) in [5, 5.41) is 9.39. The first-order valence-electron chi connectivity index (χ1n) is 24.0. The molecule has 0 saturated heterocycles. The minimum absolute atomic E-state index is 0.0932. The highest BCUT2D eigenvalue weighted by atomic mass is 16.4. The largest absolute Gasteiger partial charge is 0.481 e. The monoisotopic (exact) mass is 779 g/mol. The maximum atomic E-state index is 11.4. The molecule has 0 radical (unpaired) electrons. The summed E-state index contributed by atoms with van der Waals surface area (Å²) < 4.78 is 0. The number of hydrogen-bond donors (Lipinski definition) is 1. The molecule has 0 aromatic carbocycles. The molecule has 0 saturated carbocycles. The normalized spacial score (nSPS) is 13.0. The molecule has 0 amide bonds. The number of allylic oxidation sites excluding steroid dienone is 12. The van der Waals surface area contributed by atoms with Gasteiger partial charge in [-0.2, -0.15) is 0 Å². The second-order valence-electron chi connectivity index (χ2n) is 17.8. The van der Waals surface area contributed by atoms with Crippen LogP contribution in [-0.2, 0) is 4.79 Å². The van der Waals surface area contributed by atoms with E-state index in [2.05, 4.69) is 106 Å². The van der Waals surface area contributed by atoms with Crippen molar-refractivity contribution in [2.45, 2.75) is 262 Å². The van der Waals surface area contributed by atoms with Gasteiger partial charge in [-0.1, -0.05) is 199 Å². The molecule has 0 aromatic heterocycles. The second-order valence-corrected chi connectivity index (χ2v) is 17.8. The van der Waals surface area contributed by atoms with Crippen LogP contribution in [0.5, 0.6) is 0 Å². The van der Waals surface area contributed by atoms with Gasteiger partial charge in [0.15, 0.2) is 0 Å². The zero-order valence-electron chi connectivity index (χ0n) is 39.6. The van der Waals surface area contributed by atoms with Gasteiger partial charge in [-0.15, -0.1) is 0 Å². The molecule has 0 aliphatic heterocycles. The lowest BCUT2D eigenvalue weighted by Crippen LogP contribution is -2.13. The van der Waals surface area contributed by atoms with E-state index in [1.807, 2.05) is 0 Å². The molecule has 326 valence electrons. The van der Waals surface area contributed by atoms with Crippen molar-refractivity contribution >= 4 is 5.97 Å². The second kappa shape index (κ2) is 42.5. The fraction of sp³-hybridized carbons (Fsp3) is 0.759. The topological polar surface area (TPSA) is 37.3 Å². The van der Waals surface area contributed by atoms with E-state index in [1.165, 1.54) is 200 Å². The molecule has 0 heterocycles. The predicted molar refractivity (Wildman–Crippen MR) is 255 cm³/mol. The third-order valence-corrected chi connectivity index (χ3v) is 11.1. The van der Waals surface area contributed by atoms with E-state index in [0.29, 0.717) is 0 Å². The third-order valence-electron chi connectivity index (χ3n) is 11.1. The van der Waals surface area contributed by atoms with Gasteiger partial charge in [0.25, 0.3) is 0 Å². The fourth-order valence-corrected chi connectivity index (χ4v) is 7.13. The van der Waals surface area contributed by atoms with Crippen molar-refractivity contribution in [1.82, 2.24) is 0 Å². The van der Waals surface area contributed by atoms with Crippen molar-refractivity contribution in [3.63, 3.8) is 0 Å². The van der Waals surface area contributed by atoms with Crippen LogP contribution in [0.3, 0.4) is 0 Å². The quantitative estimate of drug-likeness (QED) is 0.0508. The Labute approximate surface area is 352 Å². The molecule has 2 nitrogen and oxygen atoms in total. The molecule has 0 rings (SSSR count). The Morgan fingerprint density at radius 2 is 0.625 bits per heavy atom. The molecule has 0 aliphatic carbocycles. The fourth-order valence-electron chi connectivity index (χ4n) is 7.13. The summed E-state index contributed by atoms with van der Waals surface area (Å²) in [6, 6.07) is 0. The smallest absolute Gasteiger partial charge is 0.306 e. The van der Waals surface area contributed by atoms with E-state index < -0.39 is 5.97 Å². The molecule has 0 aliphatic rings. The van der Waals surface area contributed by atoms with Crippen LogP contribution in [0, 0.1) is 5.92 Å². The molecule has 56 heavy (non-hydrogen) atoms. The molecule has 0 spiro atoms. The van der Waals surface area contributed by atoms with Crippen LogP contribution < -0.4 is 0 Å². The standard InChI is InChI=1S/C30H50.C24H48O2/c1-25(2)15-11-19-29(7)23-13-21-27(5)17-9-10-18-28(6)22-14-24-30(8)20-12-16-26(3)4;1-3-5-7-9-11-12-13-14-15-16-18-20-22-23(24(25)26)21-19-17-10-8-6-4-2/h15-18,23-24H,9-14,19-22H2,1-8H3;23H,3-22H2,1-2H3,(H,25,26)/b27-17+,28-18+,29-23+,30-24+;. The van der Waals surface area contributed by atoms with Crippen molar-refractivity contribution in [2.75, 3.05) is 0 Å². The van der Waals surface area contributed by atoms with Crippen LogP contribution in [0.2, 0.25) is 0 Å². The van der Waals surface area contributed by atoms with E-state index in [-0.39, 0.29) is 5.92 Å². The van der Waals surface area contributed by atoms with Gasteiger partial charge in [-0.05, 0) is 132 Å². The first-order chi connectivity index (χ1) is 26.9. The first kappa shape index (κ1) is 56.0. The molecule has 0 bridgehead atoms. The van der Waals surface area contributed by atoms with Crippen molar-refractivity contribution in [3.05, 3.63) is 69.9 Å². The maximum Gasteiger partial charge on any atom is 0.306 e. The van der Waals surface area contributed by atoms with E-state index in [4.69, 9.17) is 0 Å². The highest BCUT2D eigenvalue weighted by Gasteiger charge is 2.16. The Morgan fingerprint density at radius 3 is 0.893 bits per heavy atom. The Bertz CT molecular complexity index is 1030. The lowest BCUT2D eigenvalue weighted by molar-refractivity contribution is -0.142. The van der Waals surface area contributed by atoms with Gasteiger partial charge in [-0.3, -0.25) is 4.79 Å². The summed E-state index contributed by atoms with van der Waals surface area (Å²) in [5.74, 6) is -0.661. The zero-order chi connectivity index (χ0) is 42.1. The molecular weight excluding hydrogens is 681 g/mol. The third kappa shape index (κ3) is 44.6. The minimum atomic E-state index is -0.568. The van der Waals surface area contributed by atoms with Crippen molar-refractivity contribution < 1.29 is 9.90 Å². The number of hydrogen-bond acceptors (Lipinski definition) is 1. The van der Waals surface area contributed by atoms with E-state index in [1.54, 1.807) is 0 Å². The van der Waals surface area contributed by atoms with Crippen LogP contribution in [0.15, 0.2) is 69.9 Å². The first-order valence-corrected chi connectivity index (χ1v) is 24.0.